The van der Waals surface area contributed by atoms with Gasteiger partial charge in [0.15, 0.2) is 11.5 Å². The molecule has 134 valence electrons. The fourth-order valence-electron chi connectivity index (χ4n) is 3.13. The molecule has 0 atom stereocenters. The number of imidazole rings is 1. The molecule has 3 heterocycles. The number of thiocarbonyl (C=S) groups is 1. The van der Waals surface area contributed by atoms with Gasteiger partial charge in [0.25, 0.3) is 11.8 Å². The van der Waals surface area contributed by atoms with Gasteiger partial charge in [0.2, 0.25) is 5.11 Å². The van der Waals surface area contributed by atoms with Gasteiger partial charge in [-0.15, -0.1) is 5.53 Å². The highest BCUT2D eigenvalue weighted by atomic mass is 32.1. The third-order valence-corrected chi connectivity index (χ3v) is 4.90. The number of benzene rings is 1. The van der Waals surface area contributed by atoms with E-state index >= 15 is 0 Å². The molecule has 1 aromatic heterocycles. The largest absolute Gasteiger partial charge is 0.337 e. The van der Waals surface area contributed by atoms with Crippen molar-refractivity contribution < 1.29 is 9.59 Å². The Morgan fingerprint density at radius 1 is 1.04 bits per heavy atom. The van der Waals surface area contributed by atoms with Gasteiger partial charge in [0, 0.05) is 18.7 Å². The SMILES string of the molecule is O=C(c1ncn2c1NNN(C(=O)c1ccccc1)C2=S)N1CCCCC1. The van der Waals surface area contributed by atoms with Crippen LogP contribution in [0.5, 0.6) is 0 Å². The second kappa shape index (κ2) is 6.85. The summed E-state index contributed by atoms with van der Waals surface area (Å²) in [5.41, 5.74) is 6.45. The molecule has 0 saturated carbocycles. The second-order valence-electron chi connectivity index (χ2n) is 6.19. The number of anilines is 1. The van der Waals surface area contributed by atoms with Crippen LogP contribution in [-0.2, 0) is 0 Å². The molecular weight excluding hydrogens is 352 g/mol. The number of hydrogen-bond acceptors (Lipinski definition) is 6. The number of aromatic nitrogens is 2. The second-order valence-corrected chi connectivity index (χ2v) is 6.56. The molecule has 1 aromatic carbocycles. The minimum Gasteiger partial charge on any atom is -0.337 e. The number of piperidine rings is 1. The Bertz CT molecular complexity index is 859. The summed E-state index contributed by atoms with van der Waals surface area (Å²) in [5, 5.41) is 1.42. The molecule has 26 heavy (non-hydrogen) atoms. The number of rotatable bonds is 2. The van der Waals surface area contributed by atoms with Crippen LogP contribution in [0.2, 0.25) is 0 Å². The molecule has 0 radical (unpaired) electrons. The average molecular weight is 370 g/mol. The number of nitrogens with one attached hydrogen (secondary N) is 2. The van der Waals surface area contributed by atoms with E-state index in [0.29, 0.717) is 17.1 Å². The third-order valence-electron chi connectivity index (χ3n) is 4.52. The quantitative estimate of drug-likeness (QED) is 0.782. The summed E-state index contributed by atoms with van der Waals surface area (Å²) in [7, 11) is 0. The van der Waals surface area contributed by atoms with Crippen molar-refractivity contribution in [3.8, 4) is 0 Å². The maximum atomic E-state index is 12.7. The number of amides is 2. The van der Waals surface area contributed by atoms with Gasteiger partial charge in [-0.2, -0.15) is 5.01 Å². The zero-order valence-electron chi connectivity index (χ0n) is 14.0. The summed E-state index contributed by atoms with van der Waals surface area (Å²) in [6.45, 7) is 1.48. The maximum absolute atomic E-state index is 12.7. The highest BCUT2D eigenvalue weighted by Crippen LogP contribution is 2.22. The minimum absolute atomic E-state index is 0.126. The Hall–Kier alpha value is -2.78. The van der Waals surface area contributed by atoms with Crippen LogP contribution in [0.3, 0.4) is 0 Å². The Kier molecular flexibility index (Phi) is 4.39. The molecule has 1 saturated heterocycles. The minimum atomic E-state index is -0.300. The maximum Gasteiger partial charge on any atom is 0.276 e. The van der Waals surface area contributed by atoms with Gasteiger partial charge in [-0.3, -0.25) is 19.6 Å². The highest BCUT2D eigenvalue weighted by Gasteiger charge is 2.32. The standard InChI is InChI=1S/C17H18N6O2S/c24-15(12-7-3-1-4-8-12)23-17(26)22-11-18-13(14(22)19-20-23)16(25)21-9-5-2-6-10-21/h1,3-4,7-8,11,19-20H,2,5-6,9-10H2. The predicted octanol–water partition coefficient (Wildman–Crippen LogP) is 1.63. The highest BCUT2D eigenvalue weighted by molar-refractivity contribution is 7.80. The van der Waals surface area contributed by atoms with Gasteiger partial charge in [-0.1, -0.05) is 18.2 Å². The van der Waals surface area contributed by atoms with Gasteiger partial charge < -0.3 is 4.90 Å². The predicted molar refractivity (Wildman–Crippen MR) is 99.3 cm³/mol. The first-order valence-corrected chi connectivity index (χ1v) is 8.90. The third kappa shape index (κ3) is 2.85. The number of hydrazine groups is 2. The summed E-state index contributed by atoms with van der Waals surface area (Å²) in [6, 6.07) is 8.82. The van der Waals surface area contributed by atoms with E-state index < -0.39 is 0 Å². The van der Waals surface area contributed by atoms with Gasteiger partial charge in [-0.05, 0) is 43.6 Å². The van der Waals surface area contributed by atoms with Crippen LogP contribution < -0.4 is 11.0 Å². The van der Waals surface area contributed by atoms with Crippen molar-refractivity contribution in [2.24, 2.45) is 0 Å². The van der Waals surface area contributed by atoms with Crippen LogP contribution in [0.4, 0.5) is 5.82 Å². The van der Waals surface area contributed by atoms with Crippen molar-refractivity contribution in [3.05, 3.63) is 47.9 Å². The summed E-state index contributed by atoms with van der Waals surface area (Å²) in [4.78, 5) is 31.4. The Morgan fingerprint density at radius 3 is 2.50 bits per heavy atom. The number of carbonyl (C=O) groups is 2. The Morgan fingerprint density at radius 2 is 1.77 bits per heavy atom. The van der Waals surface area contributed by atoms with Crippen molar-refractivity contribution >= 4 is 35.0 Å². The van der Waals surface area contributed by atoms with Crippen LogP contribution in [0, 0.1) is 0 Å². The normalized spacial score (nSPS) is 16.8. The van der Waals surface area contributed by atoms with Crippen LogP contribution in [-0.4, -0.2) is 49.5 Å². The zero-order valence-corrected chi connectivity index (χ0v) is 14.8. The fourth-order valence-corrected chi connectivity index (χ4v) is 3.40. The zero-order chi connectivity index (χ0) is 18.1. The Labute approximate surface area is 155 Å². The molecule has 0 unspecified atom stereocenters. The molecule has 8 nitrogen and oxygen atoms in total. The van der Waals surface area contributed by atoms with Crippen molar-refractivity contribution in [2.45, 2.75) is 19.3 Å². The molecule has 1 fully saturated rings. The van der Waals surface area contributed by atoms with E-state index in [1.54, 1.807) is 29.2 Å². The molecule has 0 aliphatic carbocycles. The Balaban J connectivity index is 1.57. The molecule has 2 N–H and O–H groups in total. The van der Waals surface area contributed by atoms with Gasteiger partial charge >= 0.3 is 0 Å². The van der Waals surface area contributed by atoms with E-state index in [-0.39, 0.29) is 16.9 Å². The van der Waals surface area contributed by atoms with E-state index in [0.717, 1.165) is 32.4 Å². The molecule has 0 bridgehead atoms. The molecule has 0 spiro atoms. The number of fused-ring (bicyclic) bond motifs is 1. The first-order valence-electron chi connectivity index (χ1n) is 8.49. The summed E-state index contributed by atoms with van der Waals surface area (Å²) < 4.78 is 1.53. The molecular formula is C17H18N6O2S. The first kappa shape index (κ1) is 16.7. The lowest BCUT2D eigenvalue weighted by atomic mass is 10.1. The smallest absolute Gasteiger partial charge is 0.276 e. The summed E-state index contributed by atoms with van der Waals surface area (Å²) in [6.07, 6.45) is 4.62. The fraction of sp³-hybridized carbons (Fsp3) is 0.294. The van der Waals surface area contributed by atoms with Crippen molar-refractivity contribution in [1.82, 2.24) is 25.0 Å². The van der Waals surface area contributed by atoms with Crippen LogP contribution >= 0.6 is 12.2 Å². The summed E-state index contributed by atoms with van der Waals surface area (Å²) >= 11 is 5.42. The van der Waals surface area contributed by atoms with E-state index in [2.05, 4.69) is 15.9 Å². The number of likely N-dealkylation sites (tertiary alicyclic amines) is 1. The summed E-state index contributed by atoms with van der Waals surface area (Å²) in [5.74, 6) is 0.0208. The molecule has 9 heteroatoms. The van der Waals surface area contributed by atoms with Crippen molar-refractivity contribution in [3.63, 3.8) is 0 Å². The van der Waals surface area contributed by atoms with Gasteiger partial charge in [0.05, 0.1) is 0 Å². The van der Waals surface area contributed by atoms with E-state index in [4.69, 9.17) is 12.2 Å². The average Bonchev–Trinajstić information content (AvgIpc) is 3.13. The lowest BCUT2D eigenvalue weighted by molar-refractivity contribution is 0.0719. The molecule has 2 amide bonds. The molecule has 2 aromatic rings. The van der Waals surface area contributed by atoms with E-state index in [1.165, 1.54) is 15.9 Å². The topological polar surface area (TPSA) is 82.5 Å². The number of carbonyl (C=O) groups excluding carboxylic acids is 2. The lowest BCUT2D eigenvalue weighted by Gasteiger charge is -2.31. The molecule has 2 aliphatic rings. The first-order chi connectivity index (χ1) is 12.7. The van der Waals surface area contributed by atoms with Crippen molar-refractivity contribution in [1.29, 1.82) is 0 Å². The number of nitrogens with zero attached hydrogens (tertiary/aromatic N) is 4. The lowest BCUT2D eigenvalue weighted by Crippen LogP contribution is -2.55. The van der Waals surface area contributed by atoms with Crippen LogP contribution in [0.25, 0.3) is 0 Å². The van der Waals surface area contributed by atoms with Crippen LogP contribution in [0.15, 0.2) is 36.7 Å². The van der Waals surface area contributed by atoms with Gasteiger partial charge in [-0.25, -0.2) is 4.98 Å². The molecule has 2 aliphatic heterocycles. The van der Waals surface area contributed by atoms with E-state index in [9.17, 15) is 9.59 Å². The number of hydrogen-bond donors (Lipinski definition) is 2. The molecule has 4 rings (SSSR count). The van der Waals surface area contributed by atoms with Crippen LogP contribution in [0.1, 0.15) is 40.1 Å². The van der Waals surface area contributed by atoms with E-state index in [1.807, 2.05) is 6.07 Å². The monoisotopic (exact) mass is 370 g/mol. The van der Waals surface area contributed by atoms with Gasteiger partial charge in [0.1, 0.15) is 6.33 Å². The van der Waals surface area contributed by atoms with Crippen molar-refractivity contribution in [2.75, 3.05) is 18.5 Å².